The summed E-state index contributed by atoms with van der Waals surface area (Å²) in [7, 11) is 0. The Morgan fingerprint density at radius 2 is 2.16 bits per heavy atom. The van der Waals surface area contributed by atoms with Gasteiger partial charge < -0.3 is 4.98 Å². The summed E-state index contributed by atoms with van der Waals surface area (Å²) in [5.41, 5.74) is 3.28. The first-order chi connectivity index (χ1) is 9.15. The molecule has 96 valence electrons. The SMILES string of the molecule is Cc1cnc2c(c1)[nH]c(=S)n2Cc1ccccc1F. The second-order valence-corrected chi connectivity index (χ2v) is 4.88. The summed E-state index contributed by atoms with van der Waals surface area (Å²) in [6.07, 6.45) is 1.78. The Morgan fingerprint density at radius 1 is 1.37 bits per heavy atom. The Bertz CT molecular complexity index is 804. The number of pyridine rings is 1. The van der Waals surface area contributed by atoms with Gasteiger partial charge in [0.05, 0.1) is 12.1 Å². The summed E-state index contributed by atoms with van der Waals surface area (Å²) in [6, 6.07) is 8.68. The van der Waals surface area contributed by atoms with Crippen LogP contribution in [0.25, 0.3) is 11.2 Å². The number of fused-ring (bicyclic) bond motifs is 1. The maximum absolute atomic E-state index is 13.7. The average molecular weight is 273 g/mol. The van der Waals surface area contributed by atoms with Crippen molar-refractivity contribution in [3.8, 4) is 0 Å². The van der Waals surface area contributed by atoms with Crippen molar-refractivity contribution in [3.63, 3.8) is 0 Å². The summed E-state index contributed by atoms with van der Waals surface area (Å²) in [6.45, 7) is 2.35. The third-order valence-corrected chi connectivity index (χ3v) is 3.35. The highest BCUT2D eigenvalue weighted by Gasteiger charge is 2.08. The number of halogens is 1. The maximum atomic E-state index is 13.7. The first-order valence-corrected chi connectivity index (χ1v) is 6.34. The van der Waals surface area contributed by atoms with Gasteiger partial charge >= 0.3 is 0 Å². The van der Waals surface area contributed by atoms with Crippen LogP contribution in [0.4, 0.5) is 4.39 Å². The van der Waals surface area contributed by atoms with Gasteiger partial charge in [0.15, 0.2) is 10.4 Å². The van der Waals surface area contributed by atoms with Crippen molar-refractivity contribution in [2.24, 2.45) is 0 Å². The highest BCUT2D eigenvalue weighted by Crippen LogP contribution is 2.16. The number of benzene rings is 1. The highest BCUT2D eigenvalue weighted by molar-refractivity contribution is 7.71. The van der Waals surface area contributed by atoms with E-state index in [9.17, 15) is 4.39 Å². The molecule has 0 fully saturated rings. The lowest BCUT2D eigenvalue weighted by molar-refractivity contribution is 0.600. The molecule has 1 N–H and O–H groups in total. The van der Waals surface area contributed by atoms with Crippen molar-refractivity contribution < 1.29 is 4.39 Å². The van der Waals surface area contributed by atoms with Crippen LogP contribution in [0.2, 0.25) is 0 Å². The van der Waals surface area contributed by atoms with E-state index in [0.29, 0.717) is 16.9 Å². The molecule has 1 aromatic carbocycles. The van der Waals surface area contributed by atoms with Gasteiger partial charge in [-0.1, -0.05) is 18.2 Å². The Hall–Kier alpha value is -2.01. The molecule has 19 heavy (non-hydrogen) atoms. The van der Waals surface area contributed by atoms with Gasteiger partial charge in [-0.25, -0.2) is 9.37 Å². The number of H-pyrrole nitrogens is 1. The Morgan fingerprint density at radius 3 is 2.95 bits per heavy atom. The Labute approximate surface area is 114 Å². The minimum absolute atomic E-state index is 0.231. The molecule has 0 bridgehead atoms. The molecule has 3 rings (SSSR count). The summed E-state index contributed by atoms with van der Waals surface area (Å²) in [5, 5.41) is 0. The van der Waals surface area contributed by atoms with Crippen molar-refractivity contribution in [2.45, 2.75) is 13.5 Å². The molecule has 0 radical (unpaired) electrons. The van der Waals surface area contributed by atoms with Gasteiger partial charge in [-0.3, -0.25) is 4.57 Å². The molecule has 0 aliphatic heterocycles. The van der Waals surface area contributed by atoms with Crippen LogP contribution in [0.15, 0.2) is 36.5 Å². The van der Waals surface area contributed by atoms with E-state index < -0.39 is 0 Å². The number of nitrogens with zero attached hydrogens (tertiary/aromatic N) is 2. The molecule has 0 saturated heterocycles. The van der Waals surface area contributed by atoms with Gasteiger partial charge in [0, 0.05) is 11.8 Å². The van der Waals surface area contributed by atoms with Crippen LogP contribution in [-0.4, -0.2) is 14.5 Å². The molecule has 3 aromatic rings. The Balaban J connectivity index is 2.13. The molecule has 2 aromatic heterocycles. The third kappa shape index (κ3) is 2.17. The lowest BCUT2D eigenvalue weighted by Gasteiger charge is -2.05. The van der Waals surface area contributed by atoms with Gasteiger partial charge in [0.2, 0.25) is 0 Å². The molecule has 3 nitrogen and oxygen atoms in total. The fraction of sp³-hybridized carbons (Fsp3) is 0.143. The second-order valence-electron chi connectivity index (χ2n) is 4.49. The zero-order valence-corrected chi connectivity index (χ0v) is 11.2. The molecule has 2 heterocycles. The summed E-state index contributed by atoms with van der Waals surface area (Å²) in [5.74, 6) is -0.231. The summed E-state index contributed by atoms with van der Waals surface area (Å²) < 4.78 is 16.1. The maximum Gasteiger partial charge on any atom is 0.179 e. The first-order valence-electron chi connectivity index (χ1n) is 5.94. The van der Waals surface area contributed by atoms with E-state index >= 15 is 0 Å². The molecule has 5 heteroatoms. The van der Waals surface area contributed by atoms with Crippen molar-refractivity contribution in [1.29, 1.82) is 0 Å². The average Bonchev–Trinajstić information content (AvgIpc) is 2.68. The molecule has 0 amide bonds. The number of nitrogens with one attached hydrogen (secondary N) is 1. The van der Waals surface area contributed by atoms with Crippen LogP contribution >= 0.6 is 12.2 Å². The predicted octanol–water partition coefficient (Wildman–Crippen LogP) is 3.59. The number of aryl methyl sites for hydroxylation is 1. The standard InChI is InChI=1S/C14H12FN3S/c1-9-6-12-13(16-7-9)18(14(19)17-12)8-10-4-2-3-5-11(10)15/h2-7H,8H2,1H3,(H,17,19). The monoisotopic (exact) mass is 273 g/mol. The smallest absolute Gasteiger partial charge is 0.179 e. The van der Waals surface area contributed by atoms with Gasteiger partial charge in [0.1, 0.15) is 5.82 Å². The van der Waals surface area contributed by atoms with Crippen LogP contribution < -0.4 is 0 Å². The fourth-order valence-corrected chi connectivity index (χ4v) is 2.35. The summed E-state index contributed by atoms with van der Waals surface area (Å²) >= 11 is 5.28. The molecule has 0 aliphatic carbocycles. The largest absolute Gasteiger partial charge is 0.329 e. The molecule has 0 saturated carbocycles. The van der Waals surface area contributed by atoms with Crippen LogP contribution in [0.3, 0.4) is 0 Å². The molecular weight excluding hydrogens is 261 g/mol. The number of aromatic nitrogens is 3. The quantitative estimate of drug-likeness (QED) is 0.724. The van der Waals surface area contributed by atoms with Crippen LogP contribution in [-0.2, 0) is 6.54 Å². The van der Waals surface area contributed by atoms with Crippen LogP contribution in [0.5, 0.6) is 0 Å². The zero-order chi connectivity index (χ0) is 13.4. The van der Waals surface area contributed by atoms with E-state index in [4.69, 9.17) is 12.2 Å². The van der Waals surface area contributed by atoms with Crippen LogP contribution in [0, 0.1) is 17.5 Å². The van der Waals surface area contributed by atoms with Crippen LogP contribution in [0.1, 0.15) is 11.1 Å². The van der Waals surface area contributed by atoms with Gasteiger partial charge in [-0.2, -0.15) is 0 Å². The number of imidazole rings is 1. The van der Waals surface area contributed by atoms with Gasteiger partial charge in [-0.05, 0) is 36.8 Å². The van der Waals surface area contributed by atoms with E-state index in [1.807, 2.05) is 23.6 Å². The minimum atomic E-state index is -0.231. The molecular formula is C14H12FN3S. The van der Waals surface area contributed by atoms with E-state index in [0.717, 1.165) is 16.7 Å². The van der Waals surface area contributed by atoms with E-state index in [2.05, 4.69) is 9.97 Å². The normalized spacial score (nSPS) is 11.1. The number of aromatic amines is 1. The second kappa shape index (κ2) is 4.59. The first kappa shape index (κ1) is 12.0. The van der Waals surface area contributed by atoms with E-state index in [1.165, 1.54) is 6.07 Å². The predicted molar refractivity (Wildman–Crippen MR) is 75.2 cm³/mol. The third-order valence-electron chi connectivity index (χ3n) is 3.03. The van der Waals surface area contributed by atoms with Crippen molar-refractivity contribution in [2.75, 3.05) is 0 Å². The van der Waals surface area contributed by atoms with Crippen molar-refractivity contribution in [1.82, 2.24) is 14.5 Å². The van der Waals surface area contributed by atoms with Crippen molar-refractivity contribution in [3.05, 3.63) is 58.2 Å². The highest BCUT2D eigenvalue weighted by atomic mass is 32.1. The minimum Gasteiger partial charge on any atom is -0.329 e. The summed E-state index contributed by atoms with van der Waals surface area (Å²) in [4.78, 5) is 7.47. The fourth-order valence-electron chi connectivity index (χ4n) is 2.09. The number of hydrogen-bond donors (Lipinski definition) is 1. The van der Waals surface area contributed by atoms with Gasteiger partial charge in [0.25, 0.3) is 0 Å². The molecule has 0 spiro atoms. The topological polar surface area (TPSA) is 33.6 Å². The Kier molecular flexibility index (Phi) is 2.91. The van der Waals surface area contributed by atoms with E-state index in [-0.39, 0.29) is 5.82 Å². The number of rotatable bonds is 2. The van der Waals surface area contributed by atoms with Gasteiger partial charge in [-0.15, -0.1) is 0 Å². The molecule has 0 aliphatic rings. The van der Waals surface area contributed by atoms with E-state index in [1.54, 1.807) is 18.3 Å². The number of hydrogen-bond acceptors (Lipinski definition) is 2. The lowest BCUT2D eigenvalue weighted by Crippen LogP contribution is -2.02. The molecule has 0 atom stereocenters. The lowest BCUT2D eigenvalue weighted by atomic mass is 10.2. The molecule has 0 unspecified atom stereocenters. The van der Waals surface area contributed by atoms with Crippen molar-refractivity contribution >= 4 is 23.4 Å². The zero-order valence-electron chi connectivity index (χ0n) is 10.4.